The third-order valence-electron chi connectivity index (χ3n) is 3.60. The first-order valence-electron chi connectivity index (χ1n) is 7.39. The van der Waals surface area contributed by atoms with Gasteiger partial charge in [-0.25, -0.2) is 4.39 Å². The molecule has 4 rings (SSSR count). The lowest BCUT2D eigenvalue weighted by atomic mass is 10.1. The lowest BCUT2D eigenvalue weighted by Crippen LogP contribution is -2.13. The van der Waals surface area contributed by atoms with Crippen LogP contribution in [0.2, 0.25) is 5.02 Å². The van der Waals surface area contributed by atoms with Crippen LogP contribution in [0.25, 0.3) is 5.69 Å². The summed E-state index contributed by atoms with van der Waals surface area (Å²) >= 11 is 7.59. The number of hydrogen-bond donors (Lipinski definition) is 0. The first-order chi connectivity index (χ1) is 12.2. The normalized spacial score (nSPS) is 13.4. The van der Waals surface area contributed by atoms with Crippen LogP contribution in [0.15, 0.2) is 41.6 Å². The Labute approximate surface area is 151 Å². The van der Waals surface area contributed by atoms with E-state index in [4.69, 9.17) is 21.1 Å². The molecule has 0 bridgehead atoms. The molecule has 0 unspecified atom stereocenters. The minimum absolute atomic E-state index is 0.216. The molecule has 9 heteroatoms. The maximum absolute atomic E-state index is 13.4. The zero-order chi connectivity index (χ0) is 17.2. The van der Waals surface area contributed by atoms with Gasteiger partial charge in [-0.2, -0.15) is 4.68 Å². The average molecular weight is 379 g/mol. The van der Waals surface area contributed by atoms with Gasteiger partial charge < -0.3 is 9.47 Å². The minimum Gasteiger partial charge on any atom is -0.467 e. The van der Waals surface area contributed by atoms with Crippen LogP contribution in [0.5, 0.6) is 5.75 Å². The Balaban J connectivity index is 1.59. The van der Waals surface area contributed by atoms with Gasteiger partial charge in [0, 0.05) is 21.9 Å². The highest BCUT2D eigenvalue weighted by atomic mass is 35.5. The molecule has 3 aromatic rings. The molecule has 0 fully saturated rings. The second kappa shape index (κ2) is 6.99. The Morgan fingerprint density at radius 3 is 3.08 bits per heavy atom. The third kappa shape index (κ3) is 3.46. The van der Waals surface area contributed by atoms with Crippen molar-refractivity contribution in [2.75, 3.05) is 6.79 Å². The van der Waals surface area contributed by atoms with E-state index in [1.165, 1.54) is 28.6 Å². The van der Waals surface area contributed by atoms with Crippen LogP contribution >= 0.6 is 23.4 Å². The van der Waals surface area contributed by atoms with Gasteiger partial charge >= 0.3 is 0 Å². The molecule has 25 heavy (non-hydrogen) atoms. The average Bonchev–Trinajstić information content (AvgIpc) is 3.08. The Morgan fingerprint density at radius 2 is 2.20 bits per heavy atom. The molecule has 0 amide bonds. The number of hydrogen-bond acceptors (Lipinski definition) is 6. The molecular weight excluding hydrogens is 367 g/mol. The SMILES string of the molecule is Fc1cccc(-n2nnnc2SCc2cc(Cl)cc3c2OCOC3)c1. The van der Waals surface area contributed by atoms with Crippen LogP contribution in [0, 0.1) is 5.82 Å². The van der Waals surface area contributed by atoms with Crippen LogP contribution in [0.3, 0.4) is 0 Å². The van der Waals surface area contributed by atoms with E-state index in [9.17, 15) is 4.39 Å². The number of nitrogens with zero attached hydrogens (tertiary/aromatic N) is 4. The van der Waals surface area contributed by atoms with Crippen molar-refractivity contribution >= 4 is 23.4 Å². The molecule has 0 N–H and O–H groups in total. The summed E-state index contributed by atoms with van der Waals surface area (Å²) in [6, 6.07) is 9.80. The van der Waals surface area contributed by atoms with Crippen molar-refractivity contribution in [1.82, 2.24) is 20.2 Å². The summed E-state index contributed by atoms with van der Waals surface area (Å²) in [5.41, 5.74) is 2.41. The van der Waals surface area contributed by atoms with Gasteiger partial charge in [-0.1, -0.05) is 29.4 Å². The molecule has 0 saturated carbocycles. The zero-order valence-electron chi connectivity index (χ0n) is 12.9. The van der Waals surface area contributed by atoms with Crippen molar-refractivity contribution in [2.24, 2.45) is 0 Å². The molecule has 1 aromatic heterocycles. The molecule has 2 aromatic carbocycles. The Hall–Kier alpha value is -2.16. The fraction of sp³-hybridized carbons (Fsp3) is 0.188. The Bertz CT molecular complexity index is 921. The molecule has 6 nitrogen and oxygen atoms in total. The monoisotopic (exact) mass is 378 g/mol. The minimum atomic E-state index is -0.346. The lowest BCUT2D eigenvalue weighted by Gasteiger charge is -2.20. The van der Waals surface area contributed by atoms with Crippen LogP contribution in [0.4, 0.5) is 4.39 Å². The maximum atomic E-state index is 13.4. The van der Waals surface area contributed by atoms with Gasteiger partial charge in [-0.15, -0.1) is 5.10 Å². The van der Waals surface area contributed by atoms with E-state index in [-0.39, 0.29) is 12.6 Å². The van der Waals surface area contributed by atoms with Gasteiger partial charge in [0.25, 0.3) is 0 Å². The van der Waals surface area contributed by atoms with Gasteiger partial charge in [0.2, 0.25) is 5.16 Å². The van der Waals surface area contributed by atoms with Gasteiger partial charge in [0.05, 0.1) is 12.3 Å². The number of ether oxygens (including phenoxy) is 2. The number of benzene rings is 2. The van der Waals surface area contributed by atoms with E-state index in [0.29, 0.717) is 28.2 Å². The van der Waals surface area contributed by atoms with E-state index < -0.39 is 0 Å². The van der Waals surface area contributed by atoms with Crippen LogP contribution in [0.1, 0.15) is 11.1 Å². The second-order valence-electron chi connectivity index (χ2n) is 5.31. The number of tetrazole rings is 1. The summed E-state index contributed by atoms with van der Waals surface area (Å²) in [5.74, 6) is 0.993. The van der Waals surface area contributed by atoms with Crippen molar-refractivity contribution in [3.63, 3.8) is 0 Å². The molecule has 0 atom stereocenters. The van der Waals surface area contributed by atoms with E-state index in [2.05, 4.69) is 15.5 Å². The summed E-state index contributed by atoms with van der Waals surface area (Å²) in [7, 11) is 0. The molecule has 128 valence electrons. The van der Waals surface area contributed by atoms with Crippen molar-refractivity contribution in [3.05, 3.63) is 58.4 Å². The predicted octanol–water partition coefficient (Wildman–Crippen LogP) is 3.61. The van der Waals surface area contributed by atoms with Crippen molar-refractivity contribution in [3.8, 4) is 11.4 Å². The van der Waals surface area contributed by atoms with Crippen LogP contribution in [-0.2, 0) is 17.1 Å². The van der Waals surface area contributed by atoms with E-state index in [0.717, 1.165) is 16.9 Å². The molecule has 0 spiro atoms. The lowest BCUT2D eigenvalue weighted by molar-refractivity contribution is -0.0168. The topological polar surface area (TPSA) is 62.1 Å². The van der Waals surface area contributed by atoms with E-state index >= 15 is 0 Å². The second-order valence-corrected chi connectivity index (χ2v) is 6.68. The summed E-state index contributed by atoms with van der Waals surface area (Å²) in [6.07, 6.45) is 0. The van der Waals surface area contributed by atoms with Gasteiger partial charge in [-0.05, 0) is 40.8 Å². The quantitative estimate of drug-likeness (QED) is 0.646. The number of halogens is 2. The number of fused-ring (bicyclic) bond motifs is 1. The Morgan fingerprint density at radius 1 is 1.28 bits per heavy atom. The van der Waals surface area contributed by atoms with Crippen LogP contribution < -0.4 is 4.74 Å². The summed E-state index contributed by atoms with van der Waals surface area (Å²) < 4.78 is 25.8. The van der Waals surface area contributed by atoms with Crippen molar-refractivity contribution in [2.45, 2.75) is 17.5 Å². The number of thioether (sulfide) groups is 1. The predicted molar refractivity (Wildman–Crippen MR) is 90.4 cm³/mol. The van der Waals surface area contributed by atoms with Gasteiger partial charge in [0.15, 0.2) is 6.79 Å². The maximum Gasteiger partial charge on any atom is 0.214 e. The third-order valence-corrected chi connectivity index (χ3v) is 4.79. The van der Waals surface area contributed by atoms with Gasteiger partial charge in [0.1, 0.15) is 11.6 Å². The summed E-state index contributed by atoms with van der Waals surface area (Å²) in [5, 5.41) is 12.8. The Kier molecular flexibility index (Phi) is 4.56. The van der Waals surface area contributed by atoms with E-state index in [1.807, 2.05) is 12.1 Å². The molecule has 1 aliphatic heterocycles. The number of rotatable bonds is 4. The number of aromatic nitrogens is 4. The molecular formula is C16H12ClFN4O2S. The van der Waals surface area contributed by atoms with Crippen LogP contribution in [-0.4, -0.2) is 27.0 Å². The highest BCUT2D eigenvalue weighted by Crippen LogP contribution is 2.35. The molecule has 0 aliphatic carbocycles. The van der Waals surface area contributed by atoms with Crippen molar-refractivity contribution in [1.29, 1.82) is 0 Å². The molecule has 0 radical (unpaired) electrons. The summed E-state index contributed by atoms with van der Waals surface area (Å²) in [4.78, 5) is 0. The highest BCUT2D eigenvalue weighted by molar-refractivity contribution is 7.98. The fourth-order valence-electron chi connectivity index (χ4n) is 2.55. The zero-order valence-corrected chi connectivity index (χ0v) is 14.4. The van der Waals surface area contributed by atoms with Gasteiger partial charge in [-0.3, -0.25) is 0 Å². The van der Waals surface area contributed by atoms with E-state index in [1.54, 1.807) is 12.1 Å². The molecule has 1 aliphatic rings. The smallest absolute Gasteiger partial charge is 0.214 e. The standard InChI is InChI=1S/C16H12ClFN4O2S/c17-12-4-10-7-23-9-24-15(10)11(5-12)8-25-16-19-20-21-22(16)14-3-1-2-13(18)6-14/h1-6H,7-9H2. The highest BCUT2D eigenvalue weighted by Gasteiger charge is 2.18. The largest absolute Gasteiger partial charge is 0.467 e. The fourth-order valence-corrected chi connectivity index (χ4v) is 3.67. The first-order valence-corrected chi connectivity index (χ1v) is 8.76. The molecule has 0 saturated heterocycles. The summed E-state index contributed by atoms with van der Waals surface area (Å²) in [6.45, 7) is 0.682. The first kappa shape index (κ1) is 16.3. The van der Waals surface area contributed by atoms with Crippen molar-refractivity contribution < 1.29 is 13.9 Å². The molecule has 2 heterocycles.